The van der Waals surface area contributed by atoms with Crippen molar-refractivity contribution in [1.82, 2.24) is 4.31 Å². The van der Waals surface area contributed by atoms with Crippen molar-refractivity contribution < 1.29 is 22.8 Å². The number of rotatable bonds is 6. The van der Waals surface area contributed by atoms with Crippen molar-refractivity contribution in [2.24, 2.45) is 0 Å². The Kier molecular flexibility index (Phi) is 6.04. The number of aryl methyl sites for hydroxylation is 1. The van der Waals surface area contributed by atoms with Crippen molar-refractivity contribution in [3.8, 4) is 11.5 Å². The van der Waals surface area contributed by atoms with E-state index in [9.17, 15) is 8.42 Å². The Morgan fingerprint density at radius 3 is 2.30 bits per heavy atom. The molecular formula is C20H27N2O4S+. The largest absolute Gasteiger partial charge is 0.493 e. The standard InChI is InChI=1S/C20H26N2O4S/c1-16-6-4-5-7-17(16)15-21-10-12-22(13-11-21)27(23,24)18-8-9-19(25-2)20(14-18)26-3/h4-9,14H,10-13,15H2,1-3H3/p+1. The molecule has 1 aliphatic rings. The lowest BCUT2D eigenvalue weighted by Gasteiger charge is -2.31. The summed E-state index contributed by atoms with van der Waals surface area (Å²) >= 11 is 0. The van der Waals surface area contributed by atoms with Gasteiger partial charge in [0.15, 0.2) is 11.5 Å². The van der Waals surface area contributed by atoms with Crippen LogP contribution in [0, 0.1) is 6.92 Å². The number of hydrogen-bond acceptors (Lipinski definition) is 4. The molecule has 1 N–H and O–H groups in total. The number of piperazine rings is 1. The molecule has 2 aromatic rings. The Morgan fingerprint density at radius 1 is 1.00 bits per heavy atom. The maximum absolute atomic E-state index is 13.0. The van der Waals surface area contributed by atoms with Crippen LogP contribution >= 0.6 is 0 Å². The highest BCUT2D eigenvalue weighted by Gasteiger charge is 2.31. The van der Waals surface area contributed by atoms with Gasteiger partial charge < -0.3 is 14.4 Å². The number of sulfonamides is 1. The first-order chi connectivity index (χ1) is 13.0. The third-order valence-electron chi connectivity index (χ3n) is 5.12. The fourth-order valence-electron chi connectivity index (χ4n) is 3.42. The monoisotopic (exact) mass is 391 g/mol. The summed E-state index contributed by atoms with van der Waals surface area (Å²) in [7, 11) is -0.507. The minimum atomic E-state index is -3.54. The molecule has 0 aromatic heterocycles. The fraction of sp³-hybridized carbons (Fsp3) is 0.400. The molecule has 0 atom stereocenters. The van der Waals surface area contributed by atoms with E-state index in [-0.39, 0.29) is 4.90 Å². The van der Waals surface area contributed by atoms with Gasteiger partial charge in [0, 0.05) is 11.6 Å². The minimum absolute atomic E-state index is 0.238. The topological polar surface area (TPSA) is 60.3 Å². The second-order valence-corrected chi connectivity index (χ2v) is 8.71. The molecule has 1 fully saturated rings. The second kappa shape index (κ2) is 8.29. The fourth-order valence-corrected chi connectivity index (χ4v) is 4.88. The van der Waals surface area contributed by atoms with Gasteiger partial charge in [0.2, 0.25) is 10.0 Å². The van der Waals surface area contributed by atoms with E-state index in [4.69, 9.17) is 9.47 Å². The zero-order valence-corrected chi connectivity index (χ0v) is 16.9. The van der Waals surface area contributed by atoms with E-state index in [0.29, 0.717) is 24.6 Å². The quantitative estimate of drug-likeness (QED) is 0.801. The molecule has 0 spiro atoms. The molecule has 1 saturated heterocycles. The van der Waals surface area contributed by atoms with Gasteiger partial charge in [-0.15, -0.1) is 0 Å². The summed E-state index contributed by atoms with van der Waals surface area (Å²) in [5.74, 6) is 0.936. The van der Waals surface area contributed by atoms with E-state index in [0.717, 1.165) is 19.6 Å². The number of nitrogens with one attached hydrogen (secondary N) is 1. The van der Waals surface area contributed by atoms with Crippen LogP contribution in [0.25, 0.3) is 0 Å². The third-order valence-corrected chi connectivity index (χ3v) is 7.02. The van der Waals surface area contributed by atoms with Gasteiger partial charge >= 0.3 is 0 Å². The molecule has 3 rings (SSSR count). The molecule has 0 aliphatic carbocycles. The molecule has 2 aromatic carbocycles. The maximum Gasteiger partial charge on any atom is 0.243 e. The first-order valence-electron chi connectivity index (χ1n) is 9.06. The first-order valence-corrected chi connectivity index (χ1v) is 10.5. The lowest BCUT2D eigenvalue weighted by molar-refractivity contribution is -0.917. The number of methoxy groups -OCH3 is 2. The molecule has 7 heteroatoms. The van der Waals surface area contributed by atoms with Gasteiger partial charge in [-0.25, -0.2) is 8.42 Å². The number of ether oxygens (including phenoxy) is 2. The minimum Gasteiger partial charge on any atom is -0.493 e. The highest BCUT2D eigenvalue weighted by molar-refractivity contribution is 7.89. The molecule has 0 amide bonds. The summed E-state index contributed by atoms with van der Waals surface area (Å²) in [4.78, 5) is 1.64. The van der Waals surface area contributed by atoms with E-state index < -0.39 is 10.0 Å². The van der Waals surface area contributed by atoms with Gasteiger partial charge in [0.25, 0.3) is 0 Å². The van der Waals surface area contributed by atoms with E-state index >= 15 is 0 Å². The Bertz CT molecular complexity index is 891. The SMILES string of the molecule is COc1ccc(S(=O)(=O)N2CC[NH+](Cc3ccccc3C)CC2)cc1OC. The first kappa shape index (κ1) is 19.7. The summed E-state index contributed by atoms with van der Waals surface area (Å²) in [5.41, 5.74) is 2.61. The van der Waals surface area contributed by atoms with Crippen molar-refractivity contribution in [2.45, 2.75) is 18.4 Å². The van der Waals surface area contributed by atoms with Crippen molar-refractivity contribution in [3.63, 3.8) is 0 Å². The van der Waals surface area contributed by atoms with E-state index in [1.54, 1.807) is 16.4 Å². The van der Waals surface area contributed by atoms with Crippen LogP contribution in [-0.4, -0.2) is 53.1 Å². The highest BCUT2D eigenvalue weighted by Crippen LogP contribution is 2.30. The molecule has 6 nitrogen and oxygen atoms in total. The average molecular weight is 392 g/mol. The second-order valence-electron chi connectivity index (χ2n) is 6.77. The van der Waals surface area contributed by atoms with Crippen molar-refractivity contribution >= 4 is 10.0 Å². The Morgan fingerprint density at radius 2 is 1.67 bits per heavy atom. The Labute approximate surface area is 161 Å². The number of hydrogen-bond donors (Lipinski definition) is 1. The predicted molar refractivity (Wildman–Crippen MR) is 104 cm³/mol. The van der Waals surface area contributed by atoms with Crippen molar-refractivity contribution in [3.05, 3.63) is 53.6 Å². The third kappa shape index (κ3) is 4.26. The molecule has 0 saturated carbocycles. The van der Waals surface area contributed by atoms with E-state index in [1.807, 2.05) is 6.07 Å². The highest BCUT2D eigenvalue weighted by atomic mass is 32.2. The van der Waals surface area contributed by atoms with Crippen molar-refractivity contribution in [2.75, 3.05) is 40.4 Å². The van der Waals surface area contributed by atoms with Gasteiger partial charge in [-0.2, -0.15) is 4.31 Å². The van der Waals surface area contributed by atoms with Gasteiger partial charge in [-0.3, -0.25) is 0 Å². The van der Waals surface area contributed by atoms with E-state index in [1.165, 1.54) is 36.3 Å². The lowest BCUT2D eigenvalue weighted by atomic mass is 10.1. The van der Waals surface area contributed by atoms with Crippen LogP contribution in [0.1, 0.15) is 11.1 Å². The van der Waals surface area contributed by atoms with Crippen LogP contribution in [-0.2, 0) is 16.6 Å². The lowest BCUT2D eigenvalue weighted by Crippen LogP contribution is -3.13. The molecule has 0 unspecified atom stereocenters. The van der Waals surface area contributed by atoms with Crippen LogP contribution in [0.5, 0.6) is 11.5 Å². The molecule has 146 valence electrons. The normalized spacial score (nSPS) is 16.3. The van der Waals surface area contributed by atoms with Crippen molar-refractivity contribution in [1.29, 1.82) is 0 Å². The van der Waals surface area contributed by atoms with E-state index in [2.05, 4.69) is 25.1 Å². The smallest absolute Gasteiger partial charge is 0.243 e. The molecule has 0 radical (unpaired) electrons. The number of nitrogens with zero attached hydrogens (tertiary/aromatic N) is 1. The van der Waals surface area contributed by atoms with Crippen LogP contribution in [0.15, 0.2) is 47.4 Å². The zero-order valence-electron chi connectivity index (χ0n) is 16.1. The average Bonchev–Trinajstić information content (AvgIpc) is 2.69. The van der Waals surface area contributed by atoms with Gasteiger partial charge in [-0.1, -0.05) is 24.3 Å². The molecular weight excluding hydrogens is 364 g/mol. The maximum atomic E-state index is 13.0. The molecule has 27 heavy (non-hydrogen) atoms. The van der Waals surface area contributed by atoms with Gasteiger partial charge in [0.1, 0.15) is 6.54 Å². The predicted octanol–water partition coefficient (Wildman–Crippen LogP) is 1.10. The Hall–Kier alpha value is -2.09. The molecule has 1 heterocycles. The van der Waals surface area contributed by atoms with Crippen LogP contribution in [0.4, 0.5) is 0 Å². The number of quaternary nitrogens is 1. The summed E-state index contributed by atoms with van der Waals surface area (Å²) in [5, 5.41) is 0. The Balaban J connectivity index is 1.69. The summed E-state index contributed by atoms with van der Waals surface area (Å²) in [6, 6.07) is 13.1. The molecule has 0 bridgehead atoms. The van der Waals surface area contributed by atoms with Gasteiger partial charge in [0.05, 0.1) is 45.3 Å². The summed E-state index contributed by atoms with van der Waals surface area (Å²) in [6.45, 7) is 5.65. The number of benzene rings is 2. The van der Waals surface area contributed by atoms with Gasteiger partial charge in [-0.05, 0) is 24.6 Å². The summed E-state index contributed by atoms with van der Waals surface area (Å²) in [6.07, 6.45) is 0. The molecule has 1 aliphatic heterocycles. The van der Waals surface area contributed by atoms with Crippen LogP contribution < -0.4 is 14.4 Å². The summed E-state index contributed by atoms with van der Waals surface area (Å²) < 4.78 is 38.0. The van der Waals surface area contributed by atoms with Crippen LogP contribution in [0.2, 0.25) is 0 Å². The van der Waals surface area contributed by atoms with Crippen LogP contribution in [0.3, 0.4) is 0 Å². The zero-order chi connectivity index (χ0) is 19.4.